The van der Waals surface area contributed by atoms with Crippen LogP contribution in [0.25, 0.3) is 0 Å². The zero-order chi connectivity index (χ0) is 12.1. The maximum Gasteiger partial charge on any atom is 0.188 e. The molecule has 7 nitrogen and oxygen atoms in total. The fraction of sp³-hybridized carbons (Fsp3) is 0.333. The second kappa shape index (κ2) is 5.29. The summed E-state index contributed by atoms with van der Waals surface area (Å²) < 4.78 is 0. The summed E-state index contributed by atoms with van der Waals surface area (Å²) >= 11 is 0. The van der Waals surface area contributed by atoms with Gasteiger partial charge in [0.25, 0.3) is 0 Å². The van der Waals surface area contributed by atoms with Crippen LogP contribution in [0.4, 0.5) is 5.82 Å². The lowest BCUT2D eigenvalue weighted by molar-refractivity contribution is 0.193. The quantitative estimate of drug-likeness (QED) is 0.222. The largest absolute Gasteiger partial charge is 0.394 e. The maximum atomic E-state index is 8.99. The Hall–Kier alpha value is -1.86. The molecule has 16 heavy (non-hydrogen) atoms. The van der Waals surface area contributed by atoms with Crippen molar-refractivity contribution in [2.45, 2.75) is 13.0 Å². The number of amidine groups is 1. The molecule has 0 bridgehead atoms. The van der Waals surface area contributed by atoms with Crippen molar-refractivity contribution in [3.8, 4) is 0 Å². The predicted octanol–water partition coefficient (Wildman–Crippen LogP) is -1.16. The summed E-state index contributed by atoms with van der Waals surface area (Å²) in [6.45, 7) is 1.62. The molecule has 0 saturated heterocycles. The molecule has 0 fully saturated rings. The standard InChI is InChI=1S/C9H16N6O/c1-6(5-16)15(12)9(14-11)7-3-2-4-8(10)13-7/h2-4,6,16H,5,11-12H2,1H3,(H2,10,13)/b14-9-. The number of nitrogens with two attached hydrogens (primary N) is 3. The molecule has 0 aromatic carbocycles. The highest BCUT2D eigenvalue weighted by molar-refractivity contribution is 5.96. The molecule has 0 spiro atoms. The second-order valence-corrected chi connectivity index (χ2v) is 3.34. The van der Waals surface area contributed by atoms with Crippen LogP contribution in [0.3, 0.4) is 0 Å². The molecule has 0 radical (unpaired) electrons. The van der Waals surface area contributed by atoms with Gasteiger partial charge in [0.15, 0.2) is 5.84 Å². The van der Waals surface area contributed by atoms with E-state index in [9.17, 15) is 0 Å². The monoisotopic (exact) mass is 224 g/mol. The smallest absolute Gasteiger partial charge is 0.188 e. The van der Waals surface area contributed by atoms with Crippen LogP contribution in [0.5, 0.6) is 0 Å². The van der Waals surface area contributed by atoms with Gasteiger partial charge in [-0.1, -0.05) is 6.07 Å². The van der Waals surface area contributed by atoms with Crippen molar-refractivity contribution in [3.05, 3.63) is 23.9 Å². The Morgan fingerprint density at radius 3 is 2.81 bits per heavy atom. The molecular formula is C9H16N6O. The first-order valence-corrected chi connectivity index (χ1v) is 4.75. The van der Waals surface area contributed by atoms with Gasteiger partial charge in [-0.05, 0) is 19.1 Å². The molecule has 1 atom stereocenters. The Bertz CT molecular complexity index is 380. The number of aliphatic hydroxyl groups excluding tert-OH is 1. The highest BCUT2D eigenvalue weighted by Gasteiger charge is 2.17. The SMILES string of the molecule is CC(CO)N(N)/C(=N\N)c1cccc(N)n1. The molecule has 1 aromatic rings. The van der Waals surface area contributed by atoms with Crippen molar-refractivity contribution in [2.75, 3.05) is 12.3 Å². The van der Waals surface area contributed by atoms with Crippen LogP contribution in [-0.4, -0.2) is 33.6 Å². The molecule has 0 amide bonds. The summed E-state index contributed by atoms with van der Waals surface area (Å²) in [5.74, 6) is 11.6. The summed E-state index contributed by atoms with van der Waals surface area (Å²) in [6.07, 6.45) is 0. The molecule has 0 aliphatic rings. The molecule has 1 heterocycles. The van der Waals surface area contributed by atoms with Crippen molar-refractivity contribution in [3.63, 3.8) is 0 Å². The van der Waals surface area contributed by atoms with Crippen LogP contribution >= 0.6 is 0 Å². The highest BCUT2D eigenvalue weighted by atomic mass is 16.3. The number of aromatic nitrogens is 1. The van der Waals surface area contributed by atoms with E-state index in [-0.39, 0.29) is 18.5 Å². The molecule has 7 N–H and O–H groups in total. The van der Waals surface area contributed by atoms with Crippen LogP contribution in [0.2, 0.25) is 0 Å². The Morgan fingerprint density at radius 1 is 1.62 bits per heavy atom. The maximum absolute atomic E-state index is 8.99. The van der Waals surface area contributed by atoms with E-state index in [1.54, 1.807) is 25.1 Å². The van der Waals surface area contributed by atoms with Crippen molar-refractivity contribution in [1.29, 1.82) is 0 Å². The molecule has 1 aromatic heterocycles. The number of rotatable bonds is 3. The highest BCUT2D eigenvalue weighted by Crippen LogP contribution is 2.05. The minimum Gasteiger partial charge on any atom is -0.394 e. The van der Waals surface area contributed by atoms with Crippen LogP contribution in [0, 0.1) is 0 Å². The predicted molar refractivity (Wildman–Crippen MR) is 61.9 cm³/mol. The number of hydrazine groups is 1. The molecular weight excluding hydrogens is 208 g/mol. The number of nitrogens with zero attached hydrogens (tertiary/aromatic N) is 3. The van der Waals surface area contributed by atoms with Gasteiger partial charge in [-0.2, -0.15) is 5.10 Å². The minimum absolute atomic E-state index is 0.113. The normalized spacial score (nSPS) is 13.6. The van der Waals surface area contributed by atoms with Crippen molar-refractivity contribution in [1.82, 2.24) is 9.99 Å². The van der Waals surface area contributed by atoms with Gasteiger partial charge < -0.3 is 16.7 Å². The van der Waals surface area contributed by atoms with Crippen LogP contribution < -0.4 is 17.4 Å². The van der Waals surface area contributed by atoms with Gasteiger partial charge in [0, 0.05) is 0 Å². The lowest BCUT2D eigenvalue weighted by Crippen LogP contribution is -2.47. The van der Waals surface area contributed by atoms with E-state index in [1.807, 2.05) is 0 Å². The number of nitrogen functional groups attached to an aromatic ring is 1. The van der Waals surface area contributed by atoms with Crippen molar-refractivity contribution < 1.29 is 5.11 Å². The Morgan fingerprint density at radius 2 is 2.31 bits per heavy atom. The topological polar surface area (TPSA) is 127 Å². The number of anilines is 1. The summed E-state index contributed by atoms with van der Waals surface area (Å²) in [5, 5.41) is 13.8. The van der Waals surface area contributed by atoms with E-state index in [0.717, 1.165) is 0 Å². The molecule has 0 aliphatic carbocycles. The zero-order valence-electron chi connectivity index (χ0n) is 9.04. The van der Waals surface area contributed by atoms with Gasteiger partial charge in [0.2, 0.25) is 0 Å². The van der Waals surface area contributed by atoms with E-state index in [0.29, 0.717) is 11.5 Å². The molecule has 0 aliphatic heterocycles. The summed E-state index contributed by atoms with van der Waals surface area (Å²) in [7, 11) is 0. The first-order chi connectivity index (χ1) is 7.60. The Labute approximate surface area is 93.5 Å². The minimum atomic E-state index is -0.314. The fourth-order valence-electron chi connectivity index (χ4n) is 1.14. The number of hydrogen-bond donors (Lipinski definition) is 4. The van der Waals surface area contributed by atoms with Crippen LogP contribution in [0.15, 0.2) is 23.3 Å². The Balaban J connectivity index is 3.00. The lowest BCUT2D eigenvalue weighted by atomic mass is 10.2. The number of hydrogen-bond acceptors (Lipinski definition) is 6. The number of hydrazone groups is 1. The first kappa shape index (κ1) is 12.2. The van der Waals surface area contributed by atoms with Gasteiger partial charge in [0.1, 0.15) is 11.5 Å². The molecule has 88 valence electrons. The fourth-order valence-corrected chi connectivity index (χ4v) is 1.14. The molecule has 7 heteroatoms. The van der Waals surface area contributed by atoms with Gasteiger partial charge in [0.05, 0.1) is 12.6 Å². The summed E-state index contributed by atoms with van der Waals surface area (Å²) in [6, 6.07) is 4.74. The van der Waals surface area contributed by atoms with Crippen molar-refractivity contribution in [2.24, 2.45) is 16.8 Å². The molecule has 0 saturated carbocycles. The third-order valence-electron chi connectivity index (χ3n) is 2.11. The van der Waals surface area contributed by atoms with Crippen molar-refractivity contribution >= 4 is 11.7 Å². The average molecular weight is 224 g/mol. The summed E-state index contributed by atoms with van der Waals surface area (Å²) in [5.41, 5.74) is 6.01. The van der Waals surface area contributed by atoms with E-state index < -0.39 is 0 Å². The lowest BCUT2D eigenvalue weighted by Gasteiger charge is -2.24. The van der Waals surface area contributed by atoms with Gasteiger partial charge in [-0.15, -0.1) is 0 Å². The van der Waals surface area contributed by atoms with E-state index >= 15 is 0 Å². The van der Waals surface area contributed by atoms with Crippen LogP contribution in [0.1, 0.15) is 12.6 Å². The number of aliphatic hydroxyl groups is 1. The second-order valence-electron chi connectivity index (χ2n) is 3.34. The Kier molecular flexibility index (Phi) is 4.03. The van der Waals surface area contributed by atoms with E-state index in [2.05, 4.69) is 10.1 Å². The van der Waals surface area contributed by atoms with Gasteiger partial charge in [-0.25, -0.2) is 10.8 Å². The van der Waals surface area contributed by atoms with Crippen LogP contribution in [-0.2, 0) is 0 Å². The molecule has 1 unspecified atom stereocenters. The number of pyridine rings is 1. The zero-order valence-corrected chi connectivity index (χ0v) is 9.04. The third-order valence-corrected chi connectivity index (χ3v) is 2.11. The first-order valence-electron chi connectivity index (χ1n) is 4.75. The van der Waals surface area contributed by atoms with E-state index in [4.69, 9.17) is 22.5 Å². The van der Waals surface area contributed by atoms with Gasteiger partial charge in [-0.3, -0.25) is 5.01 Å². The summed E-state index contributed by atoms with van der Waals surface area (Å²) in [4.78, 5) is 4.05. The third kappa shape index (κ3) is 2.59. The molecule has 1 rings (SSSR count). The van der Waals surface area contributed by atoms with Gasteiger partial charge >= 0.3 is 0 Å². The average Bonchev–Trinajstić information content (AvgIpc) is 2.29. The van der Waals surface area contributed by atoms with E-state index in [1.165, 1.54) is 5.01 Å².